The second-order valence-electron chi connectivity index (χ2n) is 3.64. The summed E-state index contributed by atoms with van der Waals surface area (Å²) < 4.78 is 15.7. The highest BCUT2D eigenvalue weighted by atomic mass is 16.6. The Bertz CT molecular complexity index is 409. The van der Waals surface area contributed by atoms with Gasteiger partial charge in [-0.3, -0.25) is 4.79 Å². The number of carbonyl (C=O) groups excluding carboxylic acids is 1. The summed E-state index contributed by atoms with van der Waals surface area (Å²) in [7, 11) is 0. The van der Waals surface area contributed by atoms with Crippen LogP contribution in [0.5, 0.6) is 11.5 Å². The molecule has 0 amide bonds. The van der Waals surface area contributed by atoms with E-state index in [0.29, 0.717) is 17.9 Å². The number of fused-ring (bicyclic) bond motifs is 1. The number of benzene rings is 1. The minimum atomic E-state index is 0.0297. The lowest BCUT2D eigenvalue weighted by atomic mass is 10.1. The predicted molar refractivity (Wildman–Crippen MR) is 51.5 cm³/mol. The van der Waals surface area contributed by atoms with Crippen molar-refractivity contribution >= 4 is 5.78 Å². The lowest BCUT2D eigenvalue weighted by molar-refractivity contribution is 0.0961. The molecule has 3 rings (SSSR count). The van der Waals surface area contributed by atoms with Crippen LogP contribution in [0.4, 0.5) is 0 Å². The van der Waals surface area contributed by atoms with Crippen LogP contribution in [0.2, 0.25) is 0 Å². The van der Waals surface area contributed by atoms with Gasteiger partial charge in [0, 0.05) is 6.07 Å². The Morgan fingerprint density at radius 1 is 1.47 bits per heavy atom. The normalized spacial score (nSPS) is 22.1. The van der Waals surface area contributed by atoms with Gasteiger partial charge in [0.05, 0.1) is 12.2 Å². The van der Waals surface area contributed by atoms with Crippen LogP contribution in [-0.4, -0.2) is 31.7 Å². The van der Waals surface area contributed by atoms with Crippen molar-refractivity contribution in [1.82, 2.24) is 0 Å². The van der Waals surface area contributed by atoms with Crippen LogP contribution < -0.4 is 9.47 Å². The lowest BCUT2D eigenvalue weighted by Gasteiger charge is -2.05. The lowest BCUT2D eigenvalue weighted by Crippen LogP contribution is -2.03. The maximum Gasteiger partial charge on any atom is 0.203 e. The Labute approximate surface area is 86.7 Å². The van der Waals surface area contributed by atoms with Gasteiger partial charge in [-0.05, 0) is 12.1 Å². The maximum atomic E-state index is 11.3. The molecule has 1 saturated heterocycles. The third-order valence-electron chi connectivity index (χ3n) is 2.45. The van der Waals surface area contributed by atoms with Gasteiger partial charge in [-0.15, -0.1) is 0 Å². The van der Waals surface area contributed by atoms with Crippen LogP contribution in [0.3, 0.4) is 0 Å². The van der Waals surface area contributed by atoms with Crippen LogP contribution in [0.15, 0.2) is 18.2 Å². The number of ether oxygens (including phenoxy) is 3. The van der Waals surface area contributed by atoms with Crippen LogP contribution in [0, 0.1) is 0 Å². The van der Waals surface area contributed by atoms with Crippen molar-refractivity contribution in [2.75, 3.05) is 19.8 Å². The van der Waals surface area contributed by atoms with Gasteiger partial charge in [0.25, 0.3) is 0 Å². The minimum absolute atomic E-state index is 0.0297. The highest BCUT2D eigenvalue weighted by molar-refractivity contribution is 6.02. The molecule has 0 spiro atoms. The summed E-state index contributed by atoms with van der Waals surface area (Å²) in [4.78, 5) is 11.3. The third kappa shape index (κ3) is 1.68. The summed E-state index contributed by atoms with van der Waals surface area (Å²) in [6, 6.07) is 5.28. The molecule has 1 fully saturated rings. The topological polar surface area (TPSA) is 48.1 Å². The fourth-order valence-electron chi connectivity index (χ4n) is 1.52. The zero-order valence-corrected chi connectivity index (χ0v) is 8.06. The smallest absolute Gasteiger partial charge is 0.203 e. The predicted octanol–water partition coefficient (Wildman–Crippen LogP) is 1.04. The molecule has 4 nitrogen and oxygen atoms in total. The molecule has 2 heterocycles. The first-order valence-corrected chi connectivity index (χ1v) is 4.87. The first-order valence-electron chi connectivity index (χ1n) is 4.87. The second kappa shape index (κ2) is 3.24. The standard InChI is InChI=1S/C11H10O4/c12-10-6-15-11-3-7(1-2-9(10)11)13-4-8-5-14-8/h1-3,8H,4-6H2. The van der Waals surface area contributed by atoms with Gasteiger partial charge in [0.1, 0.15) is 24.2 Å². The fourth-order valence-corrected chi connectivity index (χ4v) is 1.52. The molecule has 0 N–H and O–H groups in total. The van der Waals surface area contributed by atoms with E-state index in [1.54, 1.807) is 18.2 Å². The molecule has 78 valence electrons. The summed E-state index contributed by atoms with van der Waals surface area (Å²) in [6.45, 7) is 1.48. The molecule has 0 aliphatic carbocycles. The average Bonchev–Trinajstić information content (AvgIpc) is 3.01. The highest BCUT2D eigenvalue weighted by Gasteiger charge is 2.24. The summed E-state index contributed by atoms with van der Waals surface area (Å²) in [5, 5.41) is 0. The average molecular weight is 206 g/mol. The van der Waals surface area contributed by atoms with Crippen molar-refractivity contribution in [3.63, 3.8) is 0 Å². The van der Waals surface area contributed by atoms with E-state index in [9.17, 15) is 4.79 Å². The quantitative estimate of drug-likeness (QED) is 0.693. The number of Topliss-reactive ketones (excluding diaryl/α,β-unsaturated/α-hetero) is 1. The van der Waals surface area contributed by atoms with Crippen molar-refractivity contribution in [3.8, 4) is 11.5 Å². The van der Waals surface area contributed by atoms with E-state index >= 15 is 0 Å². The number of hydrogen-bond donors (Lipinski definition) is 0. The minimum Gasteiger partial charge on any atom is -0.491 e. The highest BCUT2D eigenvalue weighted by Crippen LogP contribution is 2.29. The van der Waals surface area contributed by atoms with Crippen molar-refractivity contribution in [2.45, 2.75) is 6.10 Å². The second-order valence-corrected chi connectivity index (χ2v) is 3.64. The van der Waals surface area contributed by atoms with Crippen LogP contribution >= 0.6 is 0 Å². The molecule has 1 unspecified atom stereocenters. The molecular weight excluding hydrogens is 196 g/mol. The van der Waals surface area contributed by atoms with E-state index in [1.807, 2.05) is 0 Å². The van der Waals surface area contributed by atoms with Gasteiger partial charge >= 0.3 is 0 Å². The summed E-state index contributed by atoms with van der Waals surface area (Å²) in [5.74, 6) is 1.37. The number of epoxide rings is 1. The molecule has 1 aromatic rings. The van der Waals surface area contributed by atoms with Crippen molar-refractivity contribution in [3.05, 3.63) is 23.8 Å². The van der Waals surface area contributed by atoms with E-state index in [0.717, 1.165) is 12.4 Å². The SMILES string of the molecule is O=C1COc2cc(OCC3CO3)ccc21. The maximum absolute atomic E-state index is 11.3. The molecule has 2 aliphatic heterocycles. The Morgan fingerprint density at radius 3 is 3.13 bits per heavy atom. The third-order valence-corrected chi connectivity index (χ3v) is 2.45. The number of ketones is 1. The fraction of sp³-hybridized carbons (Fsp3) is 0.364. The number of carbonyl (C=O) groups is 1. The van der Waals surface area contributed by atoms with Gasteiger partial charge in [-0.25, -0.2) is 0 Å². The number of rotatable bonds is 3. The molecule has 0 aromatic heterocycles. The first-order chi connectivity index (χ1) is 7.33. The van der Waals surface area contributed by atoms with E-state index in [-0.39, 0.29) is 18.5 Å². The van der Waals surface area contributed by atoms with Gasteiger partial charge in [0.15, 0.2) is 6.61 Å². The molecule has 0 saturated carbocycles. The summed E-state index contributed by atoms with van der Waals surface area (Å²) in [5.41, 5.74) is 0.644. The van der Waals surface area contributed by atoms with Gasteiger partial charge in [0.2, 0.25) is 5.78 Å². The van der Waals surface area contributed by atoms with E-state index in [2.05, 4.69) is 0 Å². The van der Waals surface area contributed by atoms with Crippen molar-refractivity contribution < 1.29 is 19.0 Å². The largest absolute Gasteiger partial charge is 0.491 e. The van der Waals surface area contributed by atoms with Gasteiger partial charge in [-0.1, -0.05) is 0 Å². The molecule has 1 aromatic carbocycles. The molecular formula is C11H10O4. The number of hydrogen-bond acceptors (Lipinski definition) is 4. The molecule has 4 heteroatoms. The van der Waals surface area contributed by atoms with Crippen LogP contribution in [0.1, 0.15) is 10.4 Å². The van der Waals surface area contributed by atoms with Crippen LogP contribution in [-0.2, 0) is 4.74 Å². The molecule has 15 heavy (non-hydrogen) atoms. The van der Waals surface area contributed by atoms with Gasteiger partial charge in [-0.2, -0.15) is 0 Å². The molecule has 2 aliphatic rings. The first kappa shape index (κ1) is 8.73. The molecule has 1 atom stereocenters. The Kier molecular flexibility index (Phi) is 1.89. The van der Waals surface area contributed by atoms with Crippen molar-refractivity contribution in [2.24, 2.45) is 0 Å². The van der Waals surface area contributed by atoms with E-state index < -0.39 is 0 Å². The zero-order chi connectivity index (χ0) is 10.3. The van der Waals surface area contributed by atoms with Gasteiger partial charge < -0.3 is 14.2 Å². The van der Waals surface area contributed by atoms with E-state index in [1.165, 1.54) is 0 Å². The monoisotopic (exact) mass is 206 g/mol. The summed E-state index contributed by atoms with van der Waals surface area (Å²) in [6.07, 6.45) is 0.237. The zero-order valence-electron chi connectivity index (χ0n) is 8.06. The van der Waals surface area contributed by atoms with Crippen molar-refractivity contribution in [1.29, 1.82) is 0 Å². The molecule has 0 radical (unpaired) electrons. The Hall–Kier alpha value is -1.55. The Balaban J connectivity index is 1.76. The molecule has 0 bridgehead atoms. The Morgan fingerprint density at radius 2 is 2.33 bits per heavy atom. The summed E-state index contributed by atoms with van der Waals surface area (Å²) >= 11 is 0. The van der Waals surface area contributed by atoms with E-state index in [4.69, 9.17) is 14.2 Å². The van der Waals surface area contributed by atoms with Crippen LogP contribution in [0.25, 0.3) is 0 Å².